The summed E-state index contributed by atoms with van der Waals surface area (Å²) in [5.41, 5.74) is -0.377. The maximum absolute atomic E-state index is 11.8. The highest BCUT2D eigenvalue weighted by atomic mass is 16.5. The summed E-state index contributed by atoms with van der Waals surface area (Å²) in [7, 11) is 3.27. The van der Waals surface area contributed by atoms with E-state index in [0.29, 0.717) is 6.54 Å². The number of carbonyl (C=O) groups excluding carboxylic acids is 1. The fraction of sp³-hybridized carbons (Fsp3) is 0.462. The van der Waals surface area contributed by atoms with Crippen molar-refractivity contribution in [3.63, 3.8) is 0 Å². The van der Waals surface area contributed by atoms with Gasteiger partial charge in [-0.1, -0.05) is 12.1 Å². The molecule has 0 saturated carbocycles. The molecule has 0 atom stereocenters. The average Bonchev–Trinajstić information content (AvgIpc) is 2.27. The highest BCUT2D eigenvalue weighted by molar-refractivity contribution is 5.83. The van der Waals surface area contributed by atoms with Crippen LogP contribution in [-0.2, 0) is 11.3 Å². The number of amides is 1. The minimum Gasteiger partial charge on any atom is -0.497 e. The molecular formula is C13H19NO3. The number of likely N-dealkylation sites (N-methyl/N-ethyl adjacent to an activating group) is 1. The quantitative estimate of drug-likeness (QED) is 0.861. The SMILES string of the molecule is COc1cccc(CN(C)C(=O)C(C)(C)O)c1. The van der Waals surface area contributed by atoms with Crippen LogP contribution in [-0.4, -0.2) is 35.7 Å². The molecule has 4 heteroatoms. The predicted molar refractivity (Wildman–Crippen MR) is 65.8 cm³/mol. The first kappa shape index (κ1) is 13.5. The third-order valence-corrected chi connectivity index (χ3v) is 2.42. The van der Waals surface area contributed by atoms with E-state index in [4.69, 9.17) is 4.74 Å². The van der Waals surface area contributed by atoms with E-state index < -0.39 is 5.60 Å². The van der Waals surface area contributed by atoms with Crippen LogP contribution in [0.4, 0.5) is 0 Å². The topological polar surface area (TPSA) is 49.8 Å². The minimum absolute atomic E-state index is 0.305. The van der Waals surface area contributed by atoms with Gasteiger partial charge in [-0.25, -0.2) is 0 Å². The Kier molecular flexibility index (Phi) is 4.12. The van der Waals surface area contributed by atoms with Gasteiger partial charge in [-0.2, -0.15) is 0 Å². The zero-order valence-corrected chi connectivity index (χ0v) is 10.7. The lowest BCUT2D eigenvalue weighted by Crippen LogP contribution is -2.42. The Morgan fingerprint density at radius 2 is 2.12 bits per heavy atom. The van der Waals surface area contributed by atoms with Crippen LogP contribution < -0.4 is 4.74 Å². The largest absolute Gasteiger partial charge is 0.497 e. The van der Waals surface area contributed by atoms with E-state index in [2.05, 4.69) is 0 Å². The minimum atomic E-state index is -1.34. The number of hydrogen-bond donors (Lipinski definition) is 1. The Labute approximate surface area is 102 Å². The van der Waals surface area contributed by atoms with Crippen molar-refractivity contribution in [3.05, 3.63) is 29.8 Å². The van der Waals surface area contributed by atoms with Crippen LogP contribution in [0, 0.1) is 0 Å². The summed E-state index contributed by atoms with van der Waals surface area (Å²) in [6.07, 6.45) is 0. The van der Waals surface area contributed by atoms with Crippen LogP contribution in [0.15, 0.2) is 24.3 Å². The smallest absolute Gasteiger partial charge is 0.253 e. The molecule has 0 bridgehead atoms. The number of carbonyl (C=O) groups is 1. The van der Waals surface area contributed by atoms with Gasteiger partial charge in [0, 0.05) is 13.6 Å². The second-order valence-corrected chi connectivity index (χ2v) is 4.57. The molecule has 1 aromatic carbocycles. The maximum atomic E-state index is 11.8. The molecule has 94 valence electrons. The van der Waals surface area contributed by atoms with E-state index in [0.717, 1.165) is 11.3 Å². The lowest BCUT2D eigenvalue weighted by molar-refractivity contribution is -0.146. The van der Waals surface area contributed by atoms with Crippen LogP contribution in [0.2, 0.25) is 0 Å². The summed E-state index contributed by atoms with van der Waals surface area (Å²) in [6.45, 7) is 3.41. The highest BCUT2D eigenvalue weighted by Crippen LogP contribution is 2.15. The van der Waals surface area contributed by atoms with Crippen LogP contribution >= 0.6 is 0 Å². The monoisotopic (exact) mass is 237 g/mol. The van der Waals surface area contributed by atoms with E-state index >= 15 is 0 Å². The van der Waals surface area contributed by atoms with Crippen LogP contribution in [0.25, 0.3) is 0 Å². The Balaban J connectivity index is 2.74. The summed E-state index contributed by atoms with van der Waals surface area (Å²) in [5, 5.41) is 9.62. The third kappa shape index (κ3) is 3.75. The van der Waals surface area contributed by atoms with E-state index in [-0.39, 0.29) is 5.91 Å². The Morgan fingerprint density at radius 3 is 2.65 bits per heavy atom. The van der Waals surface area contributed by atoms with Gasteiger partial charge in [0.15, 0.2) is 0 Å². The van der Waals surface area contributed by atoms with Crippen LogP contribution in [0.3, 0.4) is 0 Å². The van der Waals surface area contributed by atoms with Gasteiger partial charge in [0.25, 0.3) is 5.91 Å². The van der Waals surface area contributed by atoms with Crippen molar-refractivity contribution in [3.8, 4) is 5.75 Å². The number of methoxy groups -OCH3 is 1. The molecule has 1 N–H and O–H groups in total. The van der Waals surface area contributed by atoms with Gasteiger partial charge >= 0.3 is 0 Å². The Bertz CT molecular complexity index is 396. The summed E-state index contributed by atoms with van der Waals surface area (Å²) >= 11 is 0. The fourth-order valence-corrected chi connectivity index (χ4v) is 1.58. The van der Waals surface area contributed by atoms with Crippen molar-refractivity contribution in [1.29, 1.82) is 0 Å². The van der Waals surface area contributed by atoms with Gasteiger partial charge in [-0.3, -0.25) is 4.79 Å². The van der Waals surface area contributed by atoms with Crippen molar-refractivity contribution in [2.24, 2.45) is 0 Å². The molecule has 1 amide bonds. The molecule has 0 fully saturated rings. The molecule has 17 heavy (non-hydrogen) atoms. The molecule has 0 aliphatic carbocycles. The normalized spacial score (nSPS) is 11.1. The first-order chi connectivity index (χ1) is 7.84. The number of benzene rings is 1. The average molecular weight is 237 g/mol. The second kappa shape index (κ2) is 5.19. The predicted octanol–water partition coefficient (Wildman–Crippen LogP) is 1.42. The van der Waals surface area contributed by atoms with Crippen molar-refractivity contribution < 1.29 is 14.6 Å². The van der Waals surface area contributed by atoms with Crippen molar-refractivity contribution in [2.45, 2.75) is 26.0 Å². The fourth-order valence-electron chi connectivity index (χ4n) is 1.58. The molecule has 1 rings (SSSR count). The zero-order valence-electron chi connectivity index (χ0n) is 10.7. The van der Waals surface area contributed by atoms with E-state index in [1.165, 1.54) is 18.7 Å². The lowest BCUT2D eigenvalue weighted by atomic mass is 10.1. The zero-order chi connectivity index (χ0) is 13.1. The lowest BCUT2D eigenvalue weighted by Gasteiger charge is -2.25. The molecule has 0 aliphatic heterocycles. The Morgan fingerprint density at radius 1 is 1.47 bits per heavy atom. The van der Waals surface area contributed by atoms with Crippen molar-refractivity contribution in [1.82, 2.24) is 4.90 Å². The summed E-state index contributed by atoms with van der Waals surface area (Å²) < 4.78 is 5.11. The van der Waals surface area contributed by atoms with Gasteiger partial charge < -0.3 is 14.7 Å². The number of nitrogens with zero attached hydrogens (tertiary/aromatic N) is 1. The molecule has 0 unspecified atom stereocenters. The van der Waals surface area contributed by atoms with E-state index in [1.54, 1.807) is 14.2 Å². The van der Waals surface area contributed by atoms with Gasteiger partial charge in [-0.15, -0.1) is 0 Å². The summed E-state index contributed by atoms with van der Waals surface area (Å²) in [5.74, 6) is 0.451. The molecule has 0 aliphatic rings. The number of ether oxygens (including phenoxy) is 1. The van der Waals surface area contributed by atoms with Gasteiger partial charge in [0.1, 0.15) is 11.4 Å². The highest BCUT2D eigenvalue weighted by Gasteiger charge is 2.27. The second-order valence-electron chi connectivity index (χ2n) is 4.57. The van der Waals surface area contributed by atoms with E-state index in [1.807, 2.05) is 24.3 Å². The first-order valence-electron chi connectivity index (χ1n) is 5.45. The maximum Gasteiger partial charge on any atom is 0.253 e. The summed E-state index contributed by atoms with van der Waals surface area (Å²) in [6, 6.07) is 7.50. The molecular weight excluding hydrogens is 218 g/mol. The Hall–Kier alpha value is -1.55. The van der Waals surface area contributed by atoms with Crippen LogP contribution in [0.5, 0.6) is 5.75 Å². The molecule has 0 saturated heterocycles. The third-order valence-electron chi connectivity index (χ3n) is 2.42. The molecule has 0 spiro atoms. The van der Waals surface area contributed by atoms with Gasteiger partial charge in [-0.05, 0) is 31.5 Å². The number of aliphatic hydroxyl groups is 1. The van der Waals surface area contributed by atoms with Crippen molar-refractivity contribution >= 4 is 5.91 Å². The number of rotatable bonds is 4. The molecule has 1 aromatic rings. The molecule has 0 aromatic heterocycles. The summed E-state index contributed by atoms with van der Waals surface area (Å²) in [4.78, 5) is 13.3. The van der Waals surface area contributed by atoms with Crippen LogP contribution in [0.1, 0.15) is 19.4 Å². The van der Waals surface area contributed by atoms with E-state index in [9.17, 15) is 9.90 Å². The number of hydrogen-bond acceptors (Lipinski definition) is 3. The van der Waals surface area contributed by atoms with Crippen molar-refractivity contribution in [2.75, 3.05) is 14.2 Å². The molecule has 0 radical (unpaired) electrons. The molecule has 4 nitrogen and oxygen atoms in total. The van der Waals surface area contributed by atoms with Gasteiger partial charge in [0.05, 0.1) is 7.11 Å². The molecule has 0 heterocycles. The van der Waals surface area contributed by atoms with Gasteiger partial charge in [0.2, 0.25) is 0 Å². The standard InChI is InChI=1S/C13H19NO3/c1-13(2,16)12(15)14(3)9-10-6-5-7-11(8-10)17-4/h5-8,16H,9H2,1-4H3. The first-order valence-corrected chi connectivity index (χ1v) is 5.45.